The lowest BCUT2D eigenvalue weighted by atomic mass is 10.1. The molecule has 0 bridgehead atoms. The summed E-state index contributed by atoms with van der Waals surface area (Å²) in [5, 5.41) is 14.0. The third-order valence-electron chi connectivity index (χ3n) is 3.59. The molecule has 1 amide bonds. The highest BCUT2D eigenvalue weighted by atomic mass is 16.3. The van der Waals surface area contributed by atoms with E-state index in [0.717, 1.165) is 10.8 Å². The summed E-state index contributed by atoms with van der Waals surface area (Å²) >= 11 is 0. The number of nitrogens with one attached hydrogen (secondary N) is 1. The predicted molar refractivity (Wildman–Crippen MR) is 102 cm³/mol. The Labute approximate surface area is 151 Å². The number of anilines is 1. The van der Waals surface area contributed by atoms with Crippen LogP contribution in [0.2, 0.25) is 0 Å². The Bertz CT molecular complexity index is 989. The van der Waals surface area contributed by atoms with Crippen LogP contribution in [0.3, 0.4) is 0 Å². The van der Waals surface area contributed by atoms with Crippen LogP contribution in [-0.4, -0.2) is 21.0 Å². The second kappa shape index (κ2) is 8.39. The van der Waals surface area contributed by atoms with Crippen LogP contribution in [0.1, 0.15) is 10.4 Å². The molecule has 128 valence electrons. The van der Waals surface area contributed by atoms with Gasteiger partial charge in [-0.2, -0.15) is 0 Å². The lowest BCUT2D eigenvalue weighted by molar-refractivity contribution is 0.102. The topological polar surface area (TPSA) is 75.1 Å². The van der Waals surface area contributed by atoms with Crippen molar-refractivity contribution < 1.29 is 9.90 Å². The summed E-state index contributed by atoms with van der Waals surface area (Å²) in [7, 11) is 0. The first-order chi connectivity index (χ1) is 12.7. The second-order valence-electron chi connectivity index (χ2n) is 5.45. The van der Waals surface area contributed by atoms with Gasteiger partial charge in [0.25, 0.3) is 5.91 Å². The zero-order chi connectivity index (χ0) is 18.2. The van der Waals surface area contributed by atoms with Crippen molar-refractivity contribution in [1.82, 2.24) is 9.97 Å². The number of rotatable bonds is 2. The van der Waals surface area contributed by atoms with Gasteiger partial charge in [0.2, 0.25) is 0 Å². The van der Waals surface area contributed by atoms with E-state index in [1.54, 1.807) is 36.5 Å². The first-order valence-electron chi connectivity index (χ1n) is 8.02. The van der Waals surface area contributed by atoms with E-state index in [-0.39, 0.29) is 5.91 Å². The maximum atomic E-state index is 11.6. The summed E-state index contributed by atoms with van der Waals surface area (Å²) in [6, 6.07) is 23.9. The molecule has 0 aliphatic heterocycles. The molecule has 0 saturated heterocycles. The summed E-state index contributed by atoms with van der Waals surface area (Å²) in [5.41, 5.74) is 0.608. The zero-order valence-corrected chi connectivity index (χ0v) is 13.9. The molecule has 0 radical (unpaired) electrons. The fourth-order valence-corrected chi connectivity index (χ4v) is 2.32. The lowest BCUT2D eigenvalue weighted by Gasteiger charge is -2.02. The summed E-state index contributed by atoms with van der Waals surface area (Å²) in [5.74, 6) is 0.650. The fraction of sp³-hybridized carbons (Fsp3) is 0. The molecule has 0 unspecified atom stereocenters. The van der Waals surface area contributed by atoms with Gasteiger partial charge in [-0.3, -0.25) is 4.79 Å². The first kappa shape index (κ1) is 17.1. The summed E-state index contributed by atoms with van der Waals surface area (Å²) < 4.78 is 0. The number of benzene rings is 3. The Balaban J connectivity index is 0.000000158. The lowest BCUT2D eigenvalue weighted by Crippen LogP contribution is -2.12. The minimum atomic E-state index is -0.172. The maximum Gasteiger partial charge on any atom is 0.256 e. The second-order valence-corrected chi connectivity index (χ2v) is 5.45. The van der Waals surface area contributed by atoms with E-state index in [1.165, 1.54) is 6.33 Å². The third kappa shape index (κ3) is 4.64. The molecule has 4 rings (SSSR count). The number of aromatic hydroxyl groups is 1. The van der Waals surface area contributed by atoms with E-state index in [9.17, 15) is 4.79 Å². The molecule has 1 aromatic heterocycles. The van der Waals surface area contributed by atoms with Gasteiger partial charge in [0.1, 0.15) is 17.9 Å². The molecule has 5 heteroatoms. The molecule has 0 atom stereocenters. The van der Waals surface area contributed by atoms with Gasteiger partial charge in [0, 0.05) is 11.8 Å². The molecular weight excluding hydrogens is 326 g/mol. The average Bonchev–Trinajstić information content (AvgIpc) is 2.70. The van der Waals surface area contributed by atoms with Gasteiger partial charge >= 0.3 is 0 Å². The molecule has 0 aliphatic rings. The summed E-state index contributed by atoms with van der Waals surface area (Å²) in [6.45, 7) is 0. The highest BCUT2D eigenvalue weighted by Crippen LogP contribution is 2.18. The van der Waals surface area contributed by atoms with Crippen LogP contribution in [0, 0.1) is 0 Å². The fourth-order valence-electron chi connectivity index (χ4n) is 2.32. The number of aromatic nitrogens is 2. The largest absolute Gasteiger partial charge is 0.508 e. The number of carbonyl (C=O) groups is 1. The van der Waals surface area contributed by atoms with Crippen molar-refractivity contribution in [3.8, 4) is 5.75 Å². The van der Waals surface area contributed by atoms with Gasteiger partial charge in [-0.05, 0) is 41.1 Å². The van der Waals surface area contributed by atoms with Crippen molar-refractivity contribution >= 4 is 22.5 Å². The molecule has 0 saturated carbocycles. The number of phenolic OH excluding ortho intramolecular Hbond substituents is 1. The number of fused-ring (bicyclic) bond motifs is 1. The van der Waals surface area contributed by atoms with E-state index in [1.807, 2.05) is 48.5 Å². The summed E-state index contributed by atoms with van der Waals surface area (Å²) in [4.78, 5) is 19.3. The van der Waals surface area contributed by atoms with Crippen LogP contribution in [0.5, 0.6) is 5.75 Å². The molecule has 0 aliphatic carbocycles. The highest BCUT2D eigenvalue weighted by molar-refractivity contribution is 6.03. The van der Waals surface area contributed by atoms with Crippen molar-refractivity contribution in [1.29, 1.82) is 0 Å². The molecule has 1 heterocycles. The van der Waals surface area contributed by atoms with Crippen LogP contribution in [0.25, 0.3) is 10.8 Å². The predicted octanol–water partition coefficient (Wildman–Crippen LogP) is 4.27. The van der Waals surface area contributed by atoms with Crippen LogP contribution >= 0.6 is 0 Å². The molecule has 26 heavy (non-hydrogen) atoms. The van der Waals surface area contributed by atoms with Gasteiger partial charge in [0.15, 0.2) is 0 Å². The monoisotopic (exact) mass is 343 g/mol. The van der Waals surface area contributed by atoms with Gasteiger partial charge in [0.05, 0.1) is 0 Å². The van der Waals surface area contributed by atoms with E-state index < -0.39 is 0 Å². The van der Waals surface area contributed by atoms with Crippen molar-refractivity contribution in [2.75, 3.05) is 5.32 Å². The van der Waals surface area contributed by atoms with Crippen LogP contribution in [-0.2, 0) is 0 Å². The van der Waals surface area contributed by atoms with Crippen molar-refractivity contribution in [2.24, 2.45) is 0 Å². The van der Waals surface area contributed by atoms with E-state index in [4.69, 9.17) is 5.11 Å². The maximum absolute atomic E-state index is 11.6. The van der Waals surface area contributed by atoms with Crippen molar-refractivity contribution in [3.05, 3.63) is 97.0 Å². The number of phenols is 1. The van der Waals surface area contributed by atoms with Gasteiger partial charge < -0.3 is 10.4 Å². The molecule has 0 fully saturated rings. The standard InChI is InChI=1S/C11H9N3O.C10H8O/c15-11(9-4-2-1-3-5-9)14-10-6-7-12-8-13-10;11-10-6-5-8-3-1-2-4-9(8)7-10/h1-8H,(H,12,13,14,15);1-7,11H. The minimum Gasteiger partial charge on any atom is -0.508 e. The number of nitrogens with zero attached hydrogens (tertiary/aromatic N) is 2. The van der Waals surface area contributed by atoms with Crippen LogP contribution in [0.15, 0.2) is 91.4 Å². The first-order valence-corrected chi connectivity index (χ1v) is 8.02. The van der Waals surface area contributed by atoms with Crippen molar-refractivity contribution in [3.63, 3.8) is 0 Å². The van der Waals surface area contributed by atoms with E-state index >= 15 is 0 Å². The Morgan fingerprint density at radius 2 is 1.58 bits per heavy atom. The molecule has 3 aromatic carbocycles. The van der Waals surface area contributed by atoms with Gasteiger partial charge in [-0.1, -0.05) is 48.5 Å². The minimum absolute atomic E-state index is 0.172. The Hall–Kier alpha value is -3.73. The molecular formula is C21H17N3O2. The number of amides is 1. The number of carbonyl (C=O) groups excluding carboxylic acids is 1. The highest BCUT2D eigenvalue weighted by Gasteiger charge is 2.04. The summed E-state index contributed by atoms with van der Waals surface area (Å²) in [6.07, 6.45) is 2.97. The smallest absolute Gasteiger partial charge is 0.256 e. The number of hydrogen-bond donors (Lipinski definition) is 2. The van der Waals surface area contributed by atoms with Crippen molar-refractivity contribution in [2.45, 2.75) is 0 Å². The Morgan fingerprint density at radius 3 is 2.31 bits per heavy atom. The van der Waals surface area contributed by atoms with E-state index in [0.29, 0.717) is 17.1 Å². The quantitative estimate of drug-likeness (QED) is 0.570. The normalized spacial score (nSPS) is 9.85. The Kier molecular flexibility index (Phi) is 5.52. The van der Waals surface area contributed by atoms with Crippen LogP contribution < -0.4 is 5.32 Å². The zero-order valence-electron chi connectivity index (χ0n) is 13.9. The third-order valence-corrected chi connectivity index (χ3v) is 3.59. The van der Waals surface area contributed by atoms with Gasteiger partial charge in [-0.25, -0.2) is 9.97 Å². The number of hydrogen-bond acceptors (Lipinski definition) is 4. The van der Waals surface area contributed by atoms with Gasteiger partial charge in [-0.15, -0.1) is 0 Å². The SMILES string of the molecule is O=C(Nc1ccncn1)c1ccccc1.Oc1ccc2ccccc2c1. The molecule has 5 nitrogen and oxygen atoms in total. The molecule has 4 aromatic rings. The molecule has 2 N–H and O–H groups in total. The van der Waals surface area contributed by atoms with Crippen LogP contribution in [0.4, 0.5) is 5.82 Å². The molecule has 0 spiro atoms. The average molecular weight is 343 g/mol. The Morgan fingerprint density at radius 1 is 0.846 bits per heavy atom. The van der Waals surface area contributed by atoms with E-state index in [2.05, 4.69) is 15.3 Å².